The zero-order valence-corrected chi connectivity index (χ0v) is 13.0. The van der Waals surface area contributed by atoms with Crippen LogP contribution in [0, 0.1) is 13.8 Å². The van der Waals surface area contributed by atoms with Gasteiger partial charge in [-0.1, -0.05) is 5.16 Å². The van der Waals surface area contributed by atoms with E-state index in [0.717, 1.165) is 4.90 Å². The zero-order chi connectivity index (χ0) is 17.5. The summed E-state index contributed by atoms with van der Waals surface area (Å²) in [4.78, 5) is 21.1. The molecule has 3 heterocycles. The van der Waals surface area contributed by atoms with Gasteiger partial charge in [0.1, 0.15) is 5.82 Å². The van der Waals surface area contributed by atoms with Crippen LogP contribution in [0.15, 0.2) is 4.52 Å². The minimum Gasteiger partial charge on any atom is -0.341 e. The number of carbonyl (C=O) groups is 1. The van der Waals surface area contributed by atoms with Gasteiger partial charge in [0.15, 0.2) is 17.1 Å². The highest BCUT2D eigenvalue weighted by molar-refractivity contribution is 5.78. The molecule has 0 aromatic carbocycles. The number of rotatable bonds is 3. The second-order valence-electron chi connectivity index (χ2n) is 5.81. The molecule has 11 heteroatoms. The molecule has 1 amide bonds. The van der Waals surface area contributed by atoms with Crippen LogP contribution < -0.4 is 0 Å². The van der Waals surface area contributed by atoms with Crippen molar-refractivity contribution in [2.24, 2.45) is 0 Å². The largest absolute Gasteiger partial charge is 0.405 e. The van der Waals surface area contributed by atoms with E-state index < -0.39 is 29.9 Å². The van der Waals surface area contributed by atoms with Crippen molar-refractivity contribution < 1.29 is 22.5 Å². The number of hydrogen-bond acceptors (Lipinski definition) is 6. The quantitative estimate of drug-likeness (QED) is 0.894. The number of amides is 1. The zero-order valence-electron chi connectivity index (χ0n) is 13.0. The van der Waals surface area contributed by atoms with Gasteiger partial charge < -0.3 is 9.42 Å². The van der Waals surface area contributed by atoms with Gasteiger partial charge in [0.2, 0.25) is 11.8 Å². The Morgan fingerprint density at radius 1 is 1.38 bits per heavy atom. The molecule has 2 aromatic heterocycles. The standard InChI is InChI=1S/C13H15F3N6O2/c1-7-17-9(20-19-7)5-10(23)22-4-3-12(6-22,13(14,15)16)11-18-8(2)21-24-11/h3-6H2,1-2H3,(H,17,19,20). The van der Waals surface area contributed by atoms with E-state index in [0.29, 0.717) is 5.82 Å². The average Bonchev–Trinajstić information content (AvgIpc) is 3.18. The molecule has 2 aromatic rings. The molecule has 1 unspecified atom stereocenters. The molecular weight excluding hydrogens is 329 g/mol. The normalized spacial score (nSPS) is 21.5. The minimum absolute atomic E-state index is 0.0524. The fourth-order valence-corrected chi connectivity index (χ4v) is 2.76. The van der Waals surface area contributed by atoms with Crippen molar-refractivity contribution in [2.75, 3.05) is 13.1 Å². The van der Waals surface area contributed by atoms with Crippen LogP contribution in [0.25, 0.3) is 0 Å². The minimum atomic E-state index is -4.61. The van der Waals surface area contributed by atoms with Crippen molar-refractivity contribution in [1.82, 2.24) is 30.2 Å². The maximum Gasteiger partial charge on any atom is 0.405 e. The van der Waals surface area contributed by atoms with Crippen molar-refractivity contribution >= 4 is 5.91 Å². The summed E-state index contributed by atoms with van der Waals surface area (Å²) in [7, 11) is 0. The lowest BCUT2D eigenvalue weighted by Gasteiger charge is -2.27. The number of hydrogen-bond donors (Lipinski definition) is 1. The van der Waals surface area contributed by atoms with Crippen LogP contribution in [-0.2, 0) is 16.6 Å². The van der Waals surface area contributed by atoms with Crippen LogP contribution in [0.1, 0.15) is 29.8 Å². The average molecular weight is 344 g/mol. The van der Waals surface area contributed by atoms with E-state index in [1.807, 2.05) is 0 Å². The van der Waals surface area contributed by atoms with Gasteiger partial charge in [0.05, 0.1) is 6.42 Å². The highest BCUT2D eigenvalue weighted by Gasteiger charge is 2.63. The van der Waals surface area contributed by atoms with E-state index in [1.165, 1.54) is 6.92 Å². The van der Waals surface area contributed by atoms with Crippen LogP contribution >= 0.6 is 0 Å². The van der Waals surface area contributed by atoms with Gasteiger partial charge in [0, 0.05) is 13.1 Å². The number of nitrogens with zero attached hydrogens (tertiary/aromatic N) is 5. The molecule has 0 saturated carbocycles. The number of nitrogens with one attached hydrogen (secondary N) is 1. The molecular formula is C13H15F3N6O2. The van der Waals surface area contributed by atoms with Gasteiger partial charge in [-0.05, 0) is 20.3 Å². The van der Waals surface area contributed by atoms with Gasteiger partial charge in [-0.25, -0.2) is 4.98 Å². The van der Waals surface area contributed by atoms with Crippen molar-refractivity contribution in [3.05, 3.63) is 23.4 Å². The molecule has 0 spiro atoms. The van der Waals surface area contributed by atoms with Gasteiger partial charge in [-0.2, -0.15) is 23.3 Å². The predicted molar refractivity (Wildman–Crippen MR) is 72.8 cm³/mol. The maximum absolute atomic E-state index is 13.7. The van der Waals surface area contributed by atoms with Crippen LogP contribution in [-0.4, -0.2) is 55.4 Å². The van der Waals surface area contributed by atoms with Crippen LogP contribution in [0.5, 0.6) is 0 Å². The molecule has 1 aliphatic heterocycles. The molecule has 8 nitrogen and oxygen atoms in total. The highest BCUT2D eigenvalue weighted by Crippen LogP contribution is 2.47. The summed E-state index contributed by atoms with van der Waals surface area (Å²) in [5.41, 5.74) is -2.33. The molecule has 1 aliphatic rings. The van der Waals surface area contributed by atoms with E-state index in [9.17, 15) is 18.0 Å². The summed E-state index contributed by atoms with van der Waals surface area (Å²) >= 11 is 0. The topological polar surface area (TPSA) is 101 Å². The summed E-state index contributed by atoms with van der Waals surface area (Å²) in [6, 6.07) is 0. The number of alkyl halides is 3. The van der Waals surface area contributed by atoms with E-state index in [2.05, 4.69) is 25.3 Å². The van der Waals surface area contributed by atoms with Crippen molar-refractivity contribution in [3.8, 4) is 0 Å². The molecule has 0 bridgehead atoms. The summed E-state index contributed by atoms with van der Waals surface area (Å²) in [6.45, 7) is 2.51. The fourth-order valence-electron chi connectivity index (χ4n) is 2.76. The first-order chi connectivity index (χ1) is 11.2. The molecule has 1 atom stereocenters. The summed E-state index contributed by atoms with van der Waals surface area (Å²) in [5.74, 6) is -0.0802. The van der Waals surface area contributed by atoms with Gasteiger partial charge in [-0.15, -0.1) is 0 Å². The summed E-state index contributed by atoms with van der Waals surface area (Å²) < 4.78 is 45.8. The van der Waals surface area contributed by atoms with Crippen LogP contribution in [0.2, 0.25) is 0 Å². The maximum atomic E-state index is 13.7. The van der Waals surface area contributed by atoms with Crippen molar-refractivity contribution in [2.45, 2.75) is 38.3 Å². The smallest absolute Gasteiger partial charge is 0.341 e. The highest BCUT2D eigenvalue weighted by atomic mass is 19.4. The lowest BCUT2D eigenvalue weighted by Crippen LogP contribution is -2.46. The third kappa shape index (κ3) is 2.74. The van der Waals surface area contributed by atoms with E-state index in [1.54, 1.807) is 6.92 Å². The molecule has 0 radical (unpaired) electrons. The Morgan fingerprint density at radius 2 is 2.12 bits per heavy atom. The predicted octanol–water partition coefficient (Wildman–Crippen LogP) is 1.08. The number of likely N-dealkylation sites (tertiary alicyclic amines) is 1. The first-order valence-corrected chi connectivity index (χ1v) is 7.24. The second kappa shape index (κ2) is 5.56. The third-order valence-electron chi connectivity index (χ3n) is 4.05. The van der Waals surface area contributed by atoms with Crippen LogP contribution in [0.4, 0.5) is 13.2 Å². The molecule has 1 saturated heterocycles. The number of aromatic nitrogens is 5. The molecule has 24 heavy (non-hydrogen) atoms. The number of aromatic amines is 1. The van der Waals surface area contributed by atoms with E-state index in [-0.39, 0.29) is 31.0 Å². The number of aryl methyl sites for hydroxylation is 2. The molecule has 1 N–H and O–H groups in total. The van der Waals surface area contributed by atoms with E-state index >= 15 is 0 Å². The monoisotopic (exact) mass is 344 g/mol. The Balaban J connectivity index is 1.81. The van der Waals surface area contributed by atoms with Crippen molar-refractivity contribution in [1.29, 1.82) is 0 Å². The Morgan fingerprint density at radius 3 is 2.67 bits per heavy atom. The Kier molecular flexibility index (Phi) is 3.80. The van der Waals surface area contributed by atoms with E-state index in [4.69, 9.17) is 4.52 Å². The first kappa shape index (κ1) is 16.4. The SMILES string of the molecule is Cc1noc(C2(C(F)(F)F)CCN(C(=O)Cc3n[nH]c(C)n3)C2)n1. The Labute approximate surface area is 134 Å². The lowest BCUT2D eigenvalue weighted by atomic mass is 9.86. The fraction of sp³-hybridized carbons (Fsp3) is 0.615. The summed E-state index contributed by atoms with van der Waals surface area (Å²) in [6.07, 6.45) is -5.10. The third-order valence-corrected chi connectivity index (χ3v) is 4.05. The van der Waals surface area contributed by atoms with Crippen molar-refractivity contribution in [3.63, 3.8) is 0 Å². The Bertz CT molecular complexity index is 755. The Hall–Kier alpha value is -2.46. The van der Waals surface area contributed by atoms with Gasteiger partial charge in [0.25, 0.3) is 0 Å². The molecule has 0 aliphatic carbocycles. The summed E-state index contributed by atoms with van der Waals surface area (Å²) in [5, 5.41) is 9.86. The lowest BCUT2D eigenvalue weighted by molar-refractivity contribution is -0.193. The molecule has 130 valence electrons. The van der Waals surface area contributed by atoms with Gasteiger partial charge in [-0.3, -0.25) is 9.89 Å². The second-order valence-corrected chi connectivity index (χ2v) is 5.81. The van der Waals surface area contributed by atoms with Crippen LogP contribution in [0.3, 0.4) is 0 Å². The molecule has 3 rings (SSSR count). The number of carbonyl (C=O) groups excluding carboxylic acids is 1. The first-order valence-electron chi connectivity index (χ1n) is 7.24. The number of halogens is 3. The van der Waals surface area contributed by atoms with Gasteiger partial charge >= 0.3 is 6.18 Å². The molecule has 1 fully saturated rings. The number of H-pyrrole nitrogens is 1.